The lowest BCUT2D eigenvalue weighted by Crippen LogP contribution is -2.31. The Kier molecular flexibility index (Phi) is 7.77. The summed E-state index contributed by atoms with van der Waals surface area (Å²) >= 11 is 14.9. The van der Waals surface area contributed by atoms with Crippen LogP contribution in [0.2, 0.25) is 10.0 Å². The second-order valence-electron chi connectivity index (χ2n) is 6.62. The summed E-state index contributed by atoms with van der Waals surface area (Å²) in [5.41, 5.74) is 1.82. The van der Waals surface area contributed by atoms with Crippen LogP contribution in [-0.2, 0) is 4.79 Å². The molecule has 2 N–H and O–H groups in total. The van der Waals surface area contributed by atoms with Gasteiger partial charge in [0.2, 0.25) is 5.91 Å². The third kappa shape index (κ3) is 5.98. The highest BCUT2D eigenvalue weighted by atomic mass is 35.5. The van der Waals surface area contributed by atoms with Crippen molar-refractivity contribution < 1.29 is 9.59 Å². The fraction of sp³-hybridized carbons (Fsp3) is 0.190. The predicted octanol–water partition coefficient (Wildman–Crippen LogP) is 5.99. The van der Waals surface area contributed by atoms with Crippen LogP contribution in [-0.4, -0.2) is 28.6 Å². The molecular weight excluding hydrogens is 461 g/mol. The van der Waals surface area contributed by atoms with Crippen LogP contribution in [0.15, 0.2) is 52.7 Å². The van der Waals surface area contributed by atoms with Crippen LogP contribution in [0, 0.1) is 0 Å². The van der Waals surface area contributed by atoms with Crippen LogP contribution < -0.4 is 10.6 Å². The number of nitrogens with one attached hydrogen (secondary N) is 2. The Hall–Kier alpha value is -2.06. The van der Waals surface area contributed by atoms with E-state index in [9.17, 15) is 9.59 Å². The summed E-state index contributed by atoms with van der Waals surface area (Å²) in [6.45, 7) is 3.81. The molecule has 156 valence electrons. The van der Waals surface area contributed by atoms with Gasteiger partial charge in [-0.2, -0.15) is 0 Å². The monoisotopic (exact) mass is 479 g/mol. The summed E-state index contributed by atoms with van der Waals surface area (Å²) in [6.07, 6.45) is 0. The minimum Gasteiger partial charge on any atom is -0.353 e. The second-order valence-corrected chi connectivity index (χ2v) is 9.34. The molecule has 0 radical (unpaired) electrons. The molecule has 0 fully saturated rings. The van der Waals surface area contributed by atoms with Gasteiger partial charge < -0.3 is 5.32 Å². The molecule has 0 aliphatic rings. The smallest absolute Gasteiger partial charge is 0.258 e. The SMILES string of the molecule is CC(C)NC(=O)CSc1ccccc1C(=O)Nc1nc(-c2cc(Cl)ccc2Cl)cs1. The average molecular weight is 480 g/mol. The molecule has 0 saturated carbocycles. The van der Waals surface area contributed by atoms with Crippen molar-refractivity contribution in [3.05, 3.63) is 63.5 Å². The van der Waals surface area contributed by atoms with E-state index in [0.29, 0.717) is 32.0 Å². The van der Waals surface area contributed by atoms with Crippen molar-refractivity contribution in [3.8, 4) is 11.3 Å². The maximum Gasteiger partial charge on any atom is 0.258 e. The van der Waals surface area contributed by atoms with Crippen molar-refractivity contribution in [2.24, 2.45) is 0 Å². The molecule has 2 aromatic carbocycles. The summed E-state index contributed by atoms with van der Waals surface area (Å²) < 4.78 is 0. The molecular formula is C21H19Cl2N3O2S2. The number of thiazole rings is 1. The number of carbonyl (C=O) groups excluding carboxylic acids is 2. The molecule has 0 spiro atoms. The highest BCUT2D eigenvalue weighted by Gasteiger charge is 2.16. The van der Waals surface area contributed by atoms with Crippen LogP contribution in [0.4, 0.5) is 5.13 Å². The molecule has 1 aromatic heterocycles. The van der Waals surface area contributed by atoms with E-state index in [-0.39, 0.29) is 23.6 Å². The topological polar surface area (TPSA) is 71.1 Å². The van der Waals surface area contributed by atoms with Gasteiger partial charge in [0.1, 0.15) is 0 Å². The minimum atomic E-state index is -0.291. The van der Waals surface area contributed by atoms with Crippen molar-refractivity contribution in [1.29, 1.82) is 0 Å². The van der Waals surface area contributed by atoms with Crippen molar-refractivity contribution >= 4 is 63.2 Å². The number of benzene rings is 2. The number of anilines is 1. The first kappa shape index (κ1) is 22.6. The molecule has 30 heavy (non-hydrogen) atoms. The zero-order chi connectivity index (χ0) is 21.7. The maximum atomic E-state index is 12.8. The lowest BCUT2D eigenvalue weighted by atomic mass is 10.2. The van der Waals surface area contributed by atoms with Gasteiger partial charge >= 0.3 is 0 Å². The fourth-order valence-electron chi connectivity index (χ4n) is 2.60. The van der Waals surface area contributed by atoms with Crippen molar-refractivity contribution in [2.45, 2.75) is 24.8 Å². The first-order valence-electron chi connectivity index (χ1n) is 9.07. The fourth-order valence-corrected chi connectivity index (χ4v) is 4.55. The number of hydrogen-bond acceptors (Lipinski definition) is 5. The Balaban J connectivity index is 1.72. The molecule has 5 nitrogen and oxygen atoms in total. The lowest BCUT2D eigenvalue weighted by molar-refractivity contribution is -0.119. The quantitative estimate of drug-likeness (QED) is 0.408. The number of thioether (sulfide) groups is 1. The highest BCUT2D eigenvalue weighted by Crippen LogP contribution is 2.33. The molecule has 9 heteroatoms. The number of hydrogen-bond donors (Lipinski definition) is 2. The van der Waals surface area contributed by atoms with Gasteiger partial charge in [0.05, 0.1) is 22.0 Å². The number of nitrogens with zero attached hydrogens (tertiary/aromatic N) is 1. The van der Waals surface area contributed by atoms with Gasteiger partial charge in [0.25, 0.3) is 5.91 Å². The molecule has 0 aliphatic heterocycles. The summed E-state index contributed by atoms with van der Waals surface area (Å²) in [4.78, 5) is 29.9. The molecule has 3 aromatic rings. The van der Waals surface area contributed by atoms with Gasteiger partial charge in [-0.1, -0.05) is 35.3 Å². The molecule has 0 saturated heterocycles. The molecule has 3 rings (SSSR count). The first-order valence-corrected chi connectivity index (χ1v) is 11.7. The van der Waals surface area contributed by atoms with Crippen LogP contribution in [0.3, 0.4) is 0 Å². The first-order chi connectivity index (χ1) is 14.3. The van der Waals surface area contributed by atoms with E-state index < -0.39 is 0 Å². The van der Waals surface area contributed by atoms with Crippen LogP contribution in [0.1, 0.15) is 24.2 Å². The van der Waals surface area contributed by atoms with E-state index in [1.165, 1.54) is 23.1 Å². The predicted molar refractivity (Wildman–Crippen MR) is 126 cm³/mol. The number of aromatic nitrogens is 1. The van der Waals surface area contributed by atoms with E-state index in [1.54, 1.807) is 30.3 Å². The minimum absolute atomic E-state index is 0.0729. The van der Waals surface area contributed by atoms with Crippen molar-refractivity contribution in [1.82, 2.24) is 10.3 Å². The Bertz CT molecular complexity index is 1070. The highest BCUT2D eigenvalue weighted by molar-refractivity contribution is 8.00. The average Bonchev–Trinajstić information content (AvgIpc) is 3.16. The summed E-state index contributed by atoms with van der Waals surface area (Å²) in [6, 6.07) is 12.4. The number of halogens is 2. The van der Waals surface area contributed by atoms with Gasteiger partial charge in [-0.25, -0.2) is 4.98 Å². The van der Waals surface area contributed by atoms with E-state index in [4.69, 9.17) is 23.2 Å². The standard InChI is InChI=1S/C21H19Cl2N3O2S2/c1-12(2)24-19(27)11-29-18-6-4-3-5-14(18)20(28)26-21-25-17(10-30-21)15-9-13(22)7-8-16(15)23/h3-10,12H,11H2,1-2H3,(H,24,27)(H,25,26,28). The molecule has 2 amide bonds. The lowest BCUT2D eigenvalue weighted by Gasteiger charge is -2.10. The van der Waals surface area contributed by atoms with Gasteiger partial charge in [0, 0.05) is 26.9 Å². The van der Waals surface area contributed by atoms with E-state index in [1.807, 2.05) is 31.4 Å². The van der Waals surface area contributed by atoms with Gasteiger partial charge in [-0.15, -0.1) is 23.1 Å². The number of amides is 2. The summed E-state index contributed by atoms with van der Waals surface area (Å²) in [5, 5.41) is 9.01. The molecule has 0 aliphatic carbocycles. The molecule has 1 heterocycles. The Morgan fingerprint density at radius 1 is 1.17 bits per heavy atom. The van der Waals surface area contributed by atoms with E-state index >= 15 is 0 Å². The van der Waals surface area contributed by atoms with Crippen LogP contribution in [0.25, 0.3) is 11.3 Å². The van der Waals surface area contributed by atoms with Crippen molar-refractivity contribution in [3.63, 3.8) is 0 Å². The number of carbonyl (C=O) groups is 2. The summed E-state index contributed by atoms with van der Waals surface area (Å²) in [7, 11) is 0. The van der Waals surface area contributed by atoms with Crippen LogP contribution in [0.5, 0.6) is 0 Å². The van der Waals surface area contributed by atoms with Gasteiger partial charge in [-0.3, -0.25) is 14.9 Å². The Morgan fingerprint density at radius 3 is 2.70 bits per heavy atom. The third-order valence-corrected chi connectivity index (χ3v) is 6.27. The molecule has 0 unspecified atom stereocenters. The maximum absolute atomic E-state index is 12.8. The zero-order valence-corrected chi connectivity index (χ0v) is 19.4. The molecule has 0 bridgehead atoms. The Labute approximate surface area is 193 Å². The van der Waals surface area contributed by atoms with Crippen molar-refractivity contribution in [2.75, 3.05) is 11.1 Å². The zero-order valence-electron chi connectivity index (χ0n) is 16.2. The molecule has 0 atom stereocenters. The summed E-state index contributed by atoms with van der Waals surface area (Å²) in [5.74, 6) is -0.134. The van der Waals surface area contributed by atoms with E-state index in [0.717, 1.165) is 4.90 Å². The van der Waals surface area contributed by atoms with Gasteiger partial charge in [0.15, 0.2) is 5.13 Å². The third-order valence-electron chi connectivity index (χ3n) is 3.87. The number of rotatable bonds is 7. The van der Waals surface area contributed by atoms with Gasteiger partial charge in [-0.05, 0) is 44.2 Å². The Morgan fingerprint density at radius 2 is 1.93 bits per heavy atom. The largest absolute Gasteiger partial charge is 0.353 e. The normalized spacial score (nSPS) is 10.8. The van der Waals surface area contributed by atoms with E-state index in [2.05, 4.69) is 15.6 Å². The van der Waals surface area contributed by atoms with Crippen LogP contribution >= 0.6 is 46.3 Å². The second kappa shape index (κ2) is 10.3.